The van der Waals surface area contributed by atoms with Crippen molar-refractivity contribution < 1.29 is 14.3 Å². The third kappa shape index (κ3) is 3.88. The van der Waals surface area contributed by atoms with E-state index in [2.05, 4.69) is 17.4 Å². The summed E-state index contributed by atoms with van der Waals surface area (Å²) in [7, 11) is 1.60. The number of ether oxygens (including phenoxy) is 2. The molecule has 1 aliphatic rings. The van der Waals surface area contributed by atoms with Crippen LogP contribution < -0.4 is 14.8 Å². The second-order valence-electron chi connectivity index (χ2n) is 6.12. The van der Waals surface area contributed by atoms with E-state index in [9.17, 15) is 4.79 Å². The molecule has 0 fully saturated rings. The number of aryl methyl sites for hydroxylation is 2. The summed E-state index contributed by atoms with van der Waals surface area (Å²) in [5.74, 6) is 1.28. The molecule has 0 spiro atoms. The molecule has 1 amide bonds. The van der Waals surface area contributed by atoms with Crippen LogP contribution in [0.15, 0.2) is 42.5 Å². The van der Waals surface area contributed by atoms with E-state index in [1.54, 1.807) is 20.1 Å². The highest BCUT2D eigenvalue weighted by Crippen LogP contribution is 2.26. The van der Waals surface area contributed by atoms with E-state index in [0.29, 0.717) is 11.4 Å². The van der Waals surface area contributed by atoms with Crippen molar-refractivity contribution in [3.8, 4) is 11.5 Å². The van der Waals surface area contributed by atoms with Gasteiger partial charge in [0.05, 0.1) is 7.11 Å². The van der Waals surface area contributed by atoms with Gasteiger partial charge < -0.3 is 14.8 Å². The fourth-order valence-electron chi connectivity index (χ4n) is 2.99. The van der Waals surface area contributed by atoms with Gasteiger partial charge in [-0.25, -0.2) is 0 Å². The Morgan fingerprint density at radius 2 is 1.83 bits per heavy atom. The van der Waals surface area contributed by atoms with Crippen LogP contribution in [0.3, 0.4) is 0 Å². The van der Waals surface area contributed by atoms with Gasteiger partial charge in [-0.15, -0.1) is 0 Å². The number of rotatable bonds is 5. The number of nitrogens with one attached hydrogen (secondary N) is 1. The van der Waals surface area contributed by atoms with Crippen molar-refractivity contribution in [1.29, 1.82) is 0 Å². The number of fused-ring (bicyclic) bond motifs is 1. The number of anilines is 1. The molecule has 1 aliphatic carbocycles. The van der Waals surface area contributed by atoms with E-state index in [1.807, 2.05) is 24.3 Å². The molecule has 0 bridgehead atoms. The lowest BCUT2D eigenvalue weighted by atomic mass is 9.92. The standard InChI is InChI=1S/C20H23NO3/c1-14(20(22)21-17-8-5-9-18(13-17)23-2)24-19-11-10-15-6-3-4-7-16(15)12-19/h5,8-14H,3-4,6-7H2,1-2H3,(H,21,22)/t14-/m0/s1. The number of methoxy groups -OCH3 is 1. The van der Waals surface area contributed by atoms with Crippen molar-refractivity contribution in [2.24, 2.45) is 0 Å². The fourth-order valence-corrected chi connectivity index (χ4v) is 2.99. The summed E-state index contributed by atoms with van der Waals surface area (Å²) in [5.41, 5.74) is 3.45. The summed E-state index contributed by atoms with van der Waals surface area (Å²) in [5, 5.41) is 2.86. The van der Waals surface area contributed by atoms with Crippen molar-refractivity contribution in [3.05, 3.63) is 53.6 Å². The number of hydrogen-bond acceptors (Lipinski definition) is 3. The first kappa shape index (κ1) is 16.4. The normalized spacial score (nSPS) is 14.4. The maximum atomic E-state index is 12.3. The molecule has 0 radical (unpaired) electrons. The van der Waals surface area contributed by atoms with Crippen molar-refractivity contribution >= 4 is 11.6 Å². The number of benzene rings is 2. The summed E-state index contributed by atoms with van der Waals surface area (Å²) in [4.78, 5) is 12.3. The van der Waals surface area contributed by atoms with E-state index < -0.39 is 6.10 Å². The van der Waals surface area contributed by atoms with Crippen molar-refractivity contribution in [2.45, 2.75) is 38.7 Å². The fraction of sp³-hybridized carbons (Fsp3) is 0.350. The Bertz CT molecular complexity index is 727. The molecular weight excluding hydrogens is 302 g/mol. The second-order valence-corrected chi connectivity index (χ2v) is 6.12. The zero-order valence-corrected chi connectivity index (χ0v) is 14.2. The SMILES string of the molecule is COc1cccc(NC(=O)[C@H](C)Oc2ccc3c(c2)CCCC3)c1. The predicted octanol–water partition coefficient (Wildman–Crippen LogP) is 3.98. The average Bonchev–Trinajstić information content (AvgIpc) is 2.61. The lowest BCUT2D eigenvalue weighted by molar-refractivity contribution is -0.122. The Morgan fingerprint density at radius 1 is 1.04 bits per heavy atom. The van der Waals surface area contributed by atoms with Gasteiger partial charge in [-0.2, -0.15) is 0 Å². The van der Waals surface area contributed by atoms with Gasteiger partial charge in [-0.3, -0.25) is 4.79 Å². The minimum Gasteiger partial charge on any atom is -0.497 e. The molecule has 0 saturated carbocycles. The average molecular weight is 325 g/mol. The highest BCUT2D eigenvalue weighted by atomic mass is 16.5. The third-order valence-corrected chi connectivity index (χ3v) is 4.34. The van der Waals surface area contributed by atoms with Crippen LogP contribution in [0.1, 0.15) is 30.9 Å². The van der Waals surface area contributed by atoms with Crippen LogP contribution in [-0.2, 0) is 17.6 Å². The van der Waals surface area contributed by atoms with Crippen molar-refractivity contribution in [2.75, 3.05) is 12.4 Å². The largest absolute Gasteiger partial charge is 0.497 e. The van der Waals surface area contributed by atoms with Crippen LogP contribution in [0, 0.1) is 0 Å². The molecule has 3 rings (SSSR count). The van der Waals surface area contributed by atoms with Crippen molar-refractivity contribution in [3.63, 3.8) is 0 Å². The van der Waals surface area contributed by atoms with Crippen LogP contribution >= 0.6 is 0 Å². The topological polar surface area (TPSA) is 47.6 Å². The van der Waals surface area contributed by atoms with E-state index in [1.165, 1.54) is 24.0 Å². The molecule has 2 aromatic carbocycles. The van der Waals surface area contributed by atoms with Gasteiger partial charge in [0.1, 0.15) is 11.5 Å². The van der Waals surface area contributed by atoms with Gasteiger partial charge in [-0.1, -0.05) is 12.1 Å². The predicted molar refractivity (Wildman–Crippen MR) is 94.8 cm³/mol. The zero-order chi connectivity index (χ0) is 16.9. The van der Waals surface area contributed by atoms with E-state index in [0.717, 1.165) is 18.6 Å². The van der Waals surface area contributed by atoms with Crippen LogP contribution in [0.25, 0.3) is 0 Å². The molecule has 0 heterocycles. The van der Waals surface area contributed by atoms with Gasteiger partial charge in [0, 0.05) is 11.8 Å². The highest BCUT2D eigenvalue weighted by molar-refractivity contribution is 5.94. The van der Waals surface area contributed by atoms with Gasteiger partial charge in [0.2, 0.25) is 0 Å². The molecule has 1 N–H and O–H groups in total. The van der Waals surface area contributed by atoms with Gasteiger partial charge >= 0.3 is 0 Å². The molecule has 2 aromatic rings. The summed E-state index contributed by atoms with van der Waals surface area (Å²) in [6.45, 7) is 1.76. The second kappa shape index (κ2) is 7.39. The number of carbonyl (C=O) groups excluding carboxylic acids is 1. The molecule has 4 heteroatoms. The summed E-state index contributed by atoms with van der Waals surface area (Å²) in [6.07, 6.45) is 4.14. The number of hydrogen-bond donors (Lipinski definition) is 1. The quantitative estimate of drug-likeness (QED) is 0.904. The Kier molecular flexibility index (Phi) is 5.04. The first-order valence-electron chi connectivity index (χ1n) is 8.39. The smallest absolute Gasteiger partial charge is 0.265 e. The Labute approximate surface area is 142 Å². The van der Waals surface area contributed by atoms with Crippen LogP contribution in [0.5, 0.6) is 11.5 Å². The molecule has 1 atom stereocenters. The molecule has 24 heavy (non-hydrogen) atoms. The maximum absolute atomic E-state index is 12.3. The monoisotopic (exact) mass is 325 g/mol. The minimum atomic E-state index is -0.571. The van der Waals surface area contributed by atoms with E-state index >= 15 is 0 Å². The van der Waals surface area contributed by atoms with Crippen LogP contribution in [0.4, 0.5) is 5.69 Å². The number of amides is 1. The van der Waals surface area contributed by atoms with Gasteiger partial charge in [0.15, 0.2) is 6.10 Å². The lowest BCUT2D eigenvalue weighted by Crippen LogP contribution is -2.30. The minimum absolute atomic E-state index is 0.180. The molecule has 0 unspecified atom stereocenters. The first-order chi connectivity index (χ1) is 11.7. The molecule has 4 nitrogen and oxygen atoms in total. The number of carbonyl (C=O) groups is 1. The van der Waals surface area contributed by atoms with Gasteiger partial charge in [0.25, 0.3) is 5.91 Å². The molecular formula is C20H23NO3. The summed E-state index contributed by atoms with van der Waals surface area (Å²) < 4.78 is 11.0. The van der Waals surface area contributed by atoms with Crippen LogP contribution in [0.2, 0.25) is 0 Å². The lowest BCUT2D eigenvalue weighted by Gasteiger charge is -2.19. The molecule has 0 aromatic heterocycles. The first-order valence-corrected chi connectivity index (χ1v) is 8.39. The van der Waals surface area contributed by atoms with Crippen molar-refractivity contribution in [1.82, 2.24) is 0 Å². The molecule has 0 aliphatic heterocycles. The molecule has 0 saturated heterocycles. The van der Waals surface area contributed by atoms with E-state index in [4.69, 9.17) is 9.47 Å². The Morgan fingerprint density at radius 3 is 2.62 bits per heavy atom. The highest BCUT2D eigenvalue weighted by Gasteiger charge is 2.16. The summed E-state index contributed by atoms with van der Waals surface area (Å²) in [6, 6.07) is 13.4. The zero-order valence-electron chi connectivity index (χ0n) is 14.2. The third-order valence-electron chi connectivity index (χ3n) is 4.34. The maximum Gasteiger partial charge on any atom is 0.265 e. The Hall–Kier alpha value is -2.49. The van der Waals surface area contributed by atoms with Crippen LogP contribution in [-0.4, -0.2) is 19.1 Å². The summed E-state index contributed by atoms with van der Waals surface area (Å²) >= 11 is 0. The van der Waals surface area contributed by atoms with Gasteiger partial charge in [-0.05, 0) is 68.0 Å². The molecule has 126 valence electrons. The Balaban J connectivity index is 1.63. The van der Waals surface area contributed by atoms with E-state index in [-0.39, 0.29) is 5.91 Å².